The molecule has 2 aliphatic heterocycles. The average Bonchev–Trinajstić information content (AvgIpc) is 3.80. The van der Waals surface area contributed by atoms with E-state index < -0.39 is 5.60 Å². The summed E-state index contributed by atoms with van der Waals surface area (Å²) in [4.78, 5) is 59.6. The van der Waals surface area contributed by atoms with Gasteiger partial charge in [0.1, 0.15) is 22.0 Å². The van der Waals surface area contributed by atoms with Crippen LogP contribution >= 0.6 is 11.3 Å². The molecule has 2 atom stereocenters. The Morgan fingerprint density at radius 2 is 1.70 bits per heavy atom. The van der Waals surface area contributed by atoms with Gasteiger partial charge in [-0.25, -0.2) is 14.4 Å². The first-order valence-electron chi connectivity index (χ1n) is 18.2. The number of hydrogen-bond donors (Lipinski definition) is 1. The SMILES string of the molecule is Cc1ccc(-c2nc(C)c(C(=O)N3CC[C@@H](C(=O)N4CCC(O)(Cn5cnc6c(ccn6-c6ccc(F)cc6)c5=O)CC4)[C@H](c4ccccc4)C3)s2)cn1. The largest absolute Gasteiger partial charge is 0.388 e. The van der Waals surface area contributed by atoms with Crippen LogP contribution in [0.1, 0.15) is 51.8 Å². The van der Waals surface area contributed by atoms with Crippen molar-refractivity contribution in [2.45, 2.75) is 51.2 Å². The van der Waals surface area contributed by atoms with Gasteiger partial charge in [-0.2, -0.15) is 0 Å². The predicted octanol–water partition coefficient (Wildman–Crippen LogP) is 5.76. The summed E-state index contributed by atoms with van der Waals surface area (Å²) in [5, 5.41) is 12.8. The summed E-state index contributed by atoms with van der Waals surface area (Å²) >= 11 is 1.37. The highest BCUT2D eigenvalue weighted by molar-refractivity contribution is 7.17. The van der Waals surface area contributed by atoms with E-state index >= 15 is 0 Å². The lowest BCUT2D eigenvalue weighted by Crippen LogP contribution is -2.53. The number of aromatic nitrogens is 5. The molecule has 6 aromatic rings. The van der Waals surface area contributed by atoms with Crippen LogP contribution in [0.4, 0.5) is 4.39 Å². The van der Waals surface area contributed by atoms with E-state index in [9.17, 15) is 23.9 Å². The van der Waals surface area contributed by atoms with Gasteiger partial charge < -0.3 is 19.5 Å². The van der Waals surface area contributed by atoms with Gasteiger partial charge in [-0.1, -0.05) is 30.3 Å². The summed E-state index contributed by atoms with van der Waals surface area (Å²) in [6.07, 6.45) is 6.05. The van der Waals surface area contributed by atoms with E-state index in [-0.39, 0.29) is 41.6 Å². The summed E-state index contributed by atoms with van der Waals surface area (Å²) < 4.78 is 16.6. The van der Waals surface area contributed by atoms with E-state index in [1.165, 1.54) is 34.4 Å². The third-order valence-electron chi connectivity index (χ3n) is 10.8. The second kappa shape index (κ2) is 14.4. The zero-order chi connectivity index (χ0) is 37.6. The Kier molecular flexibility index (Phi) is 9.44. The minimum absolute atomic E-state index is 0.0171. The molecule has 276 valence electrons. The van der Waals surface area contributed by atoms with E-state index in [0.29, 0.717) is 72.7 Å². The number of pyridine rings is 1. The van der Waals surface area contributed by atoms with Crippen molar-refractivity contribution in [3.8, 4) is 16.3 Å². The Balaban J connectivity index is 0.951. The number of piperidine rings is 2. The Morgan fingerprint density at radius 3 is 2.43 bits per heavy atom. The highest BCUT2D eigenvalue weighted by Crippen LogP contribution is 2.37. The summed E-state index contributed by atoms with van der Waals surface area (Å²) in [7, 11) is 0. The van der Waals surface area contributed by atoms with Gasteiger partial charge >= 0.3 is 0 Å². The Morgan fingerprint density at radius 1 is 0.944 bits per heavy atom. The smallest absolute Gasteiger partial charge is 0.265 e. The van der Waals surface area contributed by atoms with E-state index in [0.717, 1.165) is 21.8 Å². The Hall–Kier alpha value is -5.53. The molecule has 0 radical (unpaired) electrons. The van der Waals surface area contributed by atoms with Crippen molar-refractivity contribution in [3.63, 3.8) is 0 Å². The van der Waals surface area contributed by atoms with Crippen molar-refractivity contribution in [1.29, 1.82) is 0 Å². The number of likely N-dealkylation sites (tertiary alicyclic amines) is 2. The molecule has 1 N–H and O–H groups in total. The molecule has 2 aromatic carbocycles. The van der Waals surface area contributed by atoms with Gasteiger partial charge in [-0.15, -0.1) is 11.3 Å². The molecule has 0 aliphatic carbocycles. The maximum absolute atomic E-state index is 14.3. The van der Waals surface area contributed by atoms with Crippen LogP contribution in [0.5, 0.6) is 0 Å². The third kappa shape index (κ3) is 6.85. The van der Waals surface area contributed by atoms with Gasteiger partial charge in [0.2, 0.25) is 5.91 Å². The summed E-state index contributed by atoms with van der Waals surface area (Å²) in [6, 6.07) is 21.4. The van der Waals surface area contributed by atoms with E-state index in [2.05, 4.69) is 9.97 Å². The minimum atomic E-state index is -1.20. The van der Waals surface area contributed by atoms with E-state index in [1.54, 1.807) is 35.2 Å². The highest BCUT2D eigenvalue weighted by Gasteiger charge is 2.42. The number of rotatable bonds is 7. The fourth-order valence-electron chi connectivity index (χ4n) is 7.76. The van der Waals surface area contributed by atoms with Gasteiger partial charge in [-0.05, 0) is 81.1 Å². The molecule has 8 rings (SSSR count). The number of carbonyl (C=O) groups excluding carboxylic acids is 2. The van der Waals surface area contributed by atoms with Crippen LogP contribution in [0.15, 0.2) is 96.3 Å². The zero-order valence-corrected chi connectivity index (χ0v) is 30.9. The van der Waals surface area contributed by atoms with Crippen molar-refractivity contribution in [2.24, 2.45) is 5.92 Å². The van der Waals surface area contributed by atoms with Crippen molar-refractivity contribution in [3.05, 3.63) is 130 Å². The van der Waals surface area contributed by atoms with E-state index in [1.807, 2.05) is 66.1 Å². The number of aliphatic hydroxyl groups is 1. The quantitative estimate of drug-likeness (QED) is 0.220. The number of carbonyl (C=O) groups is 2. The normalized spacial score (nSPS) is 18.6. The number of hydrogen-bond acceptors (Lipinski definition) is 8. The predicted molar refractivity (Wildman–Crippen MR) is 204 cm³/mol. The number of aryl methyl sites for hydroxylation is 2. The number of halogens is 1. The highest BCUT2D eigenvalue weighted by atomic mass is 32.1. The standard InChI is InChI=1S/C41H40FN7O4S/c1-26-8-9-29(22-43-26)37-45-27(2)35(54-37)40(52)47-18-14-32(34(23-47)28-6-4-3-5-7-28)38(50)46-20-16-41(53,17-21-46)24-48-25-44-36-33(39(48)51)15-19-49(36)31-12-10-30(42)11-13-31/h3-13,15,19,22,25,32,34,53H,14,16-18,20-21,23-24H2,1-2H3/t32-,34+/m1/s1. The first-order valence-corrected chi connectivity index (χ1v) is 19.0. The van der Waals surface area contributed by atoms with Crippen LogP contribution in [0.2, 0.25) is 0 Å². The molecule has 2 aliphatic rings. The molecular formula is C41H40FN7O4S. The lowest BCUT2D eigenvalue weighted by Gasteiger charge is -2.43. The first kappa shape index (κ1) is 35.5. The fraction of sp³-hybridized carbons (Fsp3) is 0.317. The minimum Gasteiger partial charge on any atom is -0.388 e. The second-order valence-electron chi connectivity index (χ2n) is 14.4. The maximum atomic E-state index is 14.3. The van der Waals surface area contributed by atoms with Crippen LogP contribution in [-0.4, -0.2) is 82.6 Å². The van der Waals surface area contributed by atoms with Gasteiger partial charge in [-0.3, -0.25) is 23.9 Å². The molecule has 0 spiro atoms. The lowest BCUT2D eigenvalue weighted by molar-refractivity contribution is -0.142. The van der Waals surface area contributed by atoms with Crippen molar-refractivity contribution < 1.29 is 19.1 Å². The van der Waals surface area contributed by atoms with Crippen LogP contribution in [-0.2, 0) is 11.3 Å². The van der Waals surface area contributed by atoms with Gasteiger partial charge in [0.15, 0.2) is 5.65 Å². The van der Waals surface area contributed by atoms with Crippen LogP contribution in [0, 0.1) is 25.6 Å². The number of nitrogens with zero attached hydrogens (tertiary/aromatic N) is 7. The summed E-state index contributed by atoms with van der Waals surface area (Å²) in [6.45, 7) is 5.36. The topological polar surface area (TPSA) is 126 Å². The summed E-state index contributed by atoms with van der Waals surface area (Å²) in [5.41, 5.74) is 3.11. The molecule has 0 saturated carbocycles. The molecule has 54 heavy (non-hydrogen) atoms. The Bertz CT molecular complexity index is 2380. The van der Waals surface area contributed by atoms with Crippen molar-refractivity contribution in [2.75, 3.05) is 26.2 Å². The number of amides is 2. The van der Waals surface area contributed by atoms with E-state index in [4.69, 9.17) is 4.98 Å². The average molecular weight is 746 g/mol. The number of fused-ring (bicyclic) bond motifs is 1. The molecule has 0 unspecified atom stereocenters. The number of thiazole rings is 1. The molecular weight excluding hydrogens is 706 g/mol. The van der Waals surface area contributed by atoms with Gasteiger partial charge in [0.05, 0.1) is 23.2 Å². The zero-order valence-electron chi connectivity index (χ0n) is 30.1. The molecule has 13 heteroatoms. The molecule has 2 fully saturated rings. The Labute approximate surface area is 315 Å². The molecule has 0 bridgehead atoms. The third-order valence-corrected chi connectivity index (χ3v) is 12.0. The van der Waals surface area contributed by atoms with Gasteiger partial charge in [0, 0.05) is 67.4 Å². The number of benzene rings is 2. The molecule has 4 aromatic heterocycles. The van der Waals surface area contributed by atoms with Crippen molar-refractivity contribution in [1.82, 2.24) is 33.9 Å². The van der Waals surface area contributed by atoms with Crippen molar-refractivity contribution >= 4 is 34.2 Å². The van der Waals surface area contributed by atoms with Crippen LogP contribution in [0.25, 0.3) is 27.3 Å². The second-order valence-corrected chi connectivity index (χ2v) is 15.4. The first-order chi connectivity index (χ1) is 26.1. The maximum Gasteiger partial charge on any atom is 0.265 e. The molecule has 11 nitrogen and oxygen atoms in total. The summed E-state index contributed by atoms with van der Waals surface area (Å²) in [5.74, 6) is -0.957. The molecule has 2 amide bonds. The lowest BCUT2D eigenvalue weighted by atomic mass is 9.79. The monoisotopic (exact) mass is 745 g/mol. The van der Waals surface area contributed by atoms with Crippen LogP contribution < -0.4 is 5.56 Å². The molecule has 6 heterocycles. The van der Waals surface area contributed by atoms with Gasteiger partial charge in [0.25, 0.3) is 11.5 Å². The van der Waals surface area contributed by atoms with Crippen LogP contribution in [0.3, 0.4) is 0 Å². The fourth-order valence-corrected chi connectivity index (χ4v) is 8.78. The molecule has 2 saturated heterocycles.